The molecule has 2 N–H and O–H groups in total. The van der Waals surface area contributed by atoms with E-state index in [0.717, 1.165) is 14.7 Å². The van der Waals surface area contributed by atoms with E-state index in [0.29, 0.717) is 6.42 Å². The molecule has 0 bridgehead atoms. The minimum Gasteiger partial charge on any atom is -0.480 e. The van der Waals surface area contributed by atoms with Crippen molar-refractivity contribution in [2.45, 2.75) is 19.4 Å². The number of rotatable bonds is 5. The van der Waals surface area contributed by atoms with E-state index in [9.17, 15) is 9.59 Å². The van der Waals surface area contributed by atoms with Crippen LogP contribution in [0, 0.1) is 0 Å². The Hall–Kier alpha value is -0.630. The van der Waals surface area contributed by atoms with Crippen LogP contribution in [0.4, 0.5) is 0 Å². The smallest absolute Gasteiger partial charge is 0.326 e. The van der Waals surface area contributed by atoms with Crippen LogP contribution in [0.25, 0.3) is 0 Å². The van der Waals surface area contributed by atoms with Crippen molar-refractivity contribution >= 4 is 20.5 Å². The highest BCUT2D eigenvalue weighted by molar-refractivity contribution is 7.36. The van der Waals surface area contributed by atoms with E-state index >= 15 is 0 Å². The molecule has 0 aromatic rings. The summed E-state index contributed by atoms with van der Waals surface area (Å²) >= 11 is 0. The third kappa shape index (κ3) is 5.08. The molecule has 1 amide bonds. The van der Waals surface area contributed by atoms with Gasteiger partial charge in [0.1, 0.15) is 6.04 Å². The third-order valence-electron chi connectivity index (χ3n) is 1.36. The van der Waals surface area contributed by atoms with Gasteiger partial charge in [-0.2, -0.15) is 0 Å². The molecule has 0 radical (unpaired) electrons. The van der Waals surface area contributed by atoms with Crippen molar-refractivity contribution in [1.29, 1.82) is 0 Å². The van der Waals surface area contributed by atoms with Gasteiger partial charge in [-0.1, -0.05) is 0 Å². The van der Waals surface area contributed by atoms with E-state index in [1.807, 2.05) is 6.66 Å². The van der Waals surface area contributed by atoms with Crippen LogP contribution in [0.5, 0.6) is 0 Å². The number of hydrogen-bond donors (Lipinski definition) is 2. The minimum atomic E-state index is -0.955. The van der Waals surface area contributed by atoms with E-state index in [4.69, 9.17) is 5.11 Å². The van der Waals surface area contributed by atoms with Gasteiger partial charge in [0.2, 0.25) is 5.91 Å². The summed E-state index contributed by atoms with van der Waals surface area (Å²) in [6.07, 6.45) is 1.36. The number of carbonyl (C=O) groups excluding carboxylic acids is 1. The Kier molecular flexibility index (Phi) is 5.64. The number of carbonyl (C=O) groups is 2. The van der Waals surface area contributed by atoms with Crippen LogP contribution in [-0.2, 0) is 9.59 Å². The maximum atomic E-state index is 10.5. The van der Waals surface area contributed by atoms with Gasteiger partial charge < -0.3 is 10.4 Å². The summed E-state index contributed by atoms with van der Waals surface area (Å²) in [4.78, 5) is 21.1. The molecule has 0 aromatic carbocycles. The van der Waals surface area contributed by atoms with Crippen LogP contribution in [0.2, 0.25) is 0 Å². The second-order valence-electron chi connectivity index (χ2n) is 2.48. The molecular formula is C7H14NO3P. The average molecular weight is 191 g/mol. The molecule has 0 saturated carbocycles. The van der Waals surface area contributed by atoms with Crippen molar-refractivity contribution in [2.24, 2.45) is 0 Å². The fourth-order valence-corrected chi connectivity index (χ4v) is 1.37. The Labute approximate surface area is 73.5 Å². The molecule has 0 saturated heterocycles. The molecule has 0 rings (SSSR count). The lowest BCUT2D eigenvalue weighted by molar-refractivity contribution is -0.141. The van der Waals surface area contributed by atoms with Crippen LogP contribution in [-0.4, -0.2) is 35.9 Å². The molecule has 0 heterocycles. The fourth-order valence-electron chi connectivity index (χ4n) is 0.791. The maximum Gasteiger partial charge on any atom is 0.326 e. The summed E-state index contributed by atoms with van der Waals surface area (Å²) in [5.74, 6) is -1.25. The number of carboxylic acid groups (broad SMARTS) is 1. The number of carboxylic acids is 1. The summed E-state index contributed by atoms with van der Waals surface area (Å²) in [5, 5.41) is 11.0. The van der Waals surface area contributed by atoms with E-state index in [2.05, 4.69) is 5.32 Å². The first-order chi connectivity index (χ1) is 5.57. The molecule has 2 atom stereocenters. The molecule has 0 aliphatic rings. The number of nitrogens with one attached hydrogen (secondary N) is 1. The molecule has 0 fully saturated rings. The molecular weight excluding hydrogens is 177 g/mol. The Bertz CT molecular complexity index is 172. The van der Waals surface area contributed by atoms with E-state index in [1.165, 1.54) is 6.92 Å². The van der Waals surface area contributed by atoms with Crippen LogP contribution in [0.1, 0.15) is 13.3 Å². The van der Waals surface area contributed by atoms with Crippen molar-refractivity contribution < 1.29 is 14.7 Å². The molecule has 0 aliphatic carbocycles. The minimum absolute atomic E-state index is 0.290. The summed E-state index contributed by atoms with van der Waals surface area (Å²) < 4.78 is 0. The molecule has 2 unspecified atom stereocenters. The highest BCUT2D eigenvalue weighted by Crippen LogP contribution is 2.06. The van der Waals surface area contributed by atoms with Crippen LogP contribution < -0.4 is 5.32 Å². The van der Waals surface area contributed by atoms with Gasteiger partial charge in [0.15, 0.2) is 0 Å². The first-order valence-electron chi connectivity index (χ1n) is 3.72. The summed E-state index contributed by atoms with van der Waals surface area (Å²) in [6, 6.07) is -0.713. The van der Waals surface area contributed by atoms with Gasteiger partial charge in [-0.3, -0.25) is 4.79 Å². The van der Waals surface area contributed by atoms with Gasteiger partial charge in [0.05, 0.1) is 0 Å². The zero-order chi connectivity index (χ0) is 9.56. The summed E-state index contributed by atoms with van der Waals surface area (Å²) in [7, 11) is 0.725. The largest absolute Gasteiger partial charge is 0.480 e. The Morgan fingerprint density at radius 2 is 2.17 bits per heavy atom. The van der Waals surface area contributed by atoms with E-state index in [1.54, 1.807) is 0 Å². The zero-order valence-corrected chi connectivity index (χ0v) is 8.26. The van der Waals surface area contributed by atoms with Crippen molar-refractivity contribution in [3.05, 3.63) is 0 Å². The predicted octanol–water partition coefficient (Wildman–Crippen LogP) is 0.274. The lowest BCUT2D eigenvalue weighted by Gasteiger charge is -2.11. The lowest BCUT2D eigenvalue weighted by Crippen LogP contribution is -2.39. The molecule has 4 nitrogen and oxygen atoms in total. The van der Waals surface area contributed by atoms with Crippen molar-refractivity contribution in [2.75, 3.05) is 12.8 Å². The molecule has 0 spiro atoms. The molecule has 0 aliphatic heterocycles. The average Bonchev–Trinajstić information content (AvgIpc) is 1.96. The lowest BCUT2D eigenvalue weighted by atomic mass is 10.2. The quantitative estimate of drug-likeness (QED) is 0.613. The standard InChI is InChI=1S/C7H14NO3P/c1-5(9)8-6(7(10)11)3-4-12-2/h6,12H,3-4H2,1-2H3,(H,8,9)(H,10,11). The van der Waals surface area contributed by atoms with Gasteiger partial charge >= 0.3 is 5.97 Å². The van der Waals surface area contributed by atoms with Crippen molar-refractivity contribution in [3.63, 3.8) is 0 Å². The zero-order valence-electron chi connectivity index (χ0n) is 7.26. The van der Waals surface area contributed by atoms with Crippen molar-refractivity contribution in [1.82, 2.24) is 5.32 Å². The first kappa shape index (κ1) is 11.4. The predicted molar refractivity (Wildman–Crippen MR) is 49.0 cm³/mol. The van der Waals surface area contributed by atoms with Gasteiger partial charge in [0.25, 0.3) is 0 Å². The van der Waals surface area contributed by atoms with Crippen LogP contribution in [0.15, 0.2) is 0 Å². The van der Waals surface area contributed by atoms with Crippen molar-refractivity contribution in [3.8, 4) is 0 Å². The van der Waals surface area contributed by atoms with Gasteiger partial charge in [0, 0.05) is 6.92 Å². The van der Waals surface area contributed by atoms with E-state index in [-0.39, 0.29) is 5.91 Å². The summed E-state index contributed by atoms with van der Waals surface area (Å²) in [5.41, 5.74) is 0. The van der Waals surface area contributed by atoms with Crippen LogP contribution >= 0.6 is 8.58 Å². The monoisotopic (exact) mass is 191 g/mol. The second kappa shape index (κ2) is 5.95. The third-order valence-corrected chi connectivity index (χ3v) is 2.15. The maximum absolute atomic E-state index is 10.5. The topological polar surface area (TPSA) is 66.4 Å². The SMILES string of the molecule is CPCCC(NC(C)=O)C(=O)O. The number of aliphatic carboxylic acids is 1. The Morgan fingerprint density at radius 1 is 1.58 bits per heavy atom. The van der Waals surface area contributed by atoms with E-state index < -0.39 is 12.0 Å². The Morgan fingerprint density at radius 3 is 2.50 bits per heavy atom. The van der Waals surface area contributed by atoms with Gasteiger partial charge in [-0.05, 0) is 19.2 Å². The van der Waals surface area contributed by atoms with Crippen LogP contribution in [0.3, 0.4) is 0 Å². The molecule has 12 heavy (non-hydrogen) atoms. The highest BCUT2D eigenvalue weighted by Gasteiger charge is 2.16. The highest BCUT2D eigenvalue weighted by atomic mass is 31.1. The molecule has 70 valence electrons. The van der Waals surface area contributed by atoms with Gasteiger partial charge in [-0.25, -0.2) is 4.79 Å². The normalized spacial score (nSPS) is 13.2. The fraction of sp³-hybridized carbons (Fsp3) is 0.714. The molecule has 0 aromatic heterocycles. The second-order valence-corrected chi connectivity index (χ2v) is 3.69. The first-order valence-corrected chi connectivity index (χ1v) is 5.43. The molecule has 5 heteroatoms. The number of amides is 1. The summed E-state index contributed by atoms with van der Waals surface area (Å²) in [6.45, 7) is 3.33. The Balaban J connectivity index is 3.87. The number of hydrogen-bond acceptors (Lipinski definition) is 2. The van der Waals surface area contributed by atoms with Gasteiger partial charge in [-0.15, -0.1) is 8.58 Å².